The van der Waals surface area contributed by atoms with E-state index in [0.29, 0.717) is 32.6 Å². The van der Waals surface area contributed by atoms with E-state index in [1.54, 1.807) is 50.0 Å². The van der Waals surface area contributed by atoms with Gasteiger partial charge in [-0.05, 0) is 35.9 Å². The second-order valence-electron chi connectivity index (χ2n) is 8.10. The van der Waals surface area contributed by atoms with Gasteiger partial charge in [0.05, 0.1) is 23.9 Å². The molecule has 0 aliphatic heterocycles. The quantitative estimate of drug-likeness (QED) is 0.379. The number of imidazole rings is 1. The first-order chi connectivity index (χ1) is 16.3. The average molecular weight is 491 g/mol. The first kappa shape index (κ1) is 22.3. The van der Waals surface area contributed by atoms with E-state index in [1.165, 1.54) is 10.6 Å². The molecule has 0 aliphatic rings. The summed E-state index contributed by atoms with van der Waals surface area (Å²) in [5.41, 5.74) is 9.89. The molecule has 1 unspecified atom stereocenters. The largest absolute Gasteiger partial charge is 0.336 e. The molecular weight excluding hydrogens is 471 g/mol. The third-order valence-electron chi connectivity index (χ3n) is 6.04. The Morgan fingerprint density at radius 2 is 1.74 bits per heavy atom. The predicted octanol–water partition coefficient (Wildman–Crippen LogP) is 4.29. The second-order valence-corrected chi connectivity index (χ2v) is 8.92. The zero-order valence-corrected chi connectivity index (χ0v) is 19.9. The van der Waals surface area contributed by atoms with Crippen molar-refractivity contribution >= 4 is 34.2 Å². The molecule has 7 nitrogen and oxygen atoms in total. The lowest BCUT2D eigenvalue weighted by molar-refractivity contribution is 0.594. The van der Waals surface area contributed by atoms with Gasteiger partial charge in [0.1, 0.15) is 16.3 Å². The lowest BCUT2D eigenvalue weighted by atomic mass is 9.81. The third kappa shape index (κ3) is 3.58. The molecule has 0 saturated heterocycles. The number of hydrogen-bond acceptors (Lipinski definition) is 5. The Bertz CT molecular complexity index is 1590. The third-order valence-corrected chi connectivity index (χ3v) is 6.50. The van der Waals surface area contributed by atoms with Crippen molar-refractivity contribution in [1.82, 2.24) is 24.1 Å². The molecule has 2 N–H and O–H groups in total. The minimum Gasteiger partial charge on any atom is -0.336 e. The molecular formula is C25H20Cl2N6O. The molecule has 170 valence electrons. The summed E-state index contributed by atoms with van der Waals surface area (Å²) < 4.78 is 3.37. The van der Waals surface area contributed by atoms with E-state index >= 15 is 0 Å². The van der Waals surface area contributed by atoms with Crippen LogP contribution in [0.25, 0.3) is 22.3 Å². The van der Waals surface area contributed by atoms with Gasteiger partial charge in [-0.3, -0.25) is 9.36 Å². The summed E-state index contributed by atoms with van der Waals surface area (Å²) in [5, 5.41) is 1.66. The molecule has 34 heavy (non-hydrogen) atoms. The maximum Gasteiger partial charge on any atom is 0.252 e. The number of rotatable bonds is 4. The maximum atomic E-state index is 12.7. The molecule has 0 radical (unpaired) electrons. The van der Waals surface area contributed by atoms with Gasteiger partial charge in [0.2, 0.25) is 0 Å². The van der Waals surface area contributed by atoms with Crippen LogP contribution in [0.15, 0.2) is 78.1 Å². The normalized spacial score (nSPS) is 13.2. The monoisotopic (exact) mass is 490 g/mol. The number of hydrogen-bond donors (Lipinski definition) is 1. The molecule has 0 spiro atoms. The van der Waals surface area contributed by atoms with Gasteiger partial charge < -0.3 is 10.3 Å². The Hall–Kier alpha value is -3.52. The van der Waals surface area contributed by atoms with E-state index in [9.17, 15) is 4.79 Å². The van der Waals surface area contributed by atoms with Crippen LogP contribution < -0.4 is 11.3 Å². The summed E-state index contributed by atoms with van der Waals surface area (Å²) in [4.78, 5) is 26.1. The van der Waals surface area contributed by atoms with E-state index in [-0.39, 0.29) is 5.56 Å². The number of aromatic nitrogens is 5. The zero-order chi connectivity index (χ0) is 24.0. The number of pyridine rings is 3. The topological polar surface area (TPSA) is 91.6 Å². The summed E-state index contributed by atoms with van der Waals surface area (Å²) in [6.45, 7) is 0. The summed E-state index contributed by atoms with van der Waals surface area (Å²) in [6.07, 6.45) is 5.13. The first-order valence-corrected chi connectivity index (χ1v) is 11.2. The van der Waals surface area contributed by atoms with Crippen LogP contribution in [0.5, 0.6) is 0 Å². The number of aryl methyl sites for hydroxylation is 2. The van der Waals surface area contributed by atoms with E-state index in [0.717, 1.165) is 16.6 Å². The fraction of sp³-hybridized carbons (Fsp3) is 0.120. The highest BCUT2D eigenvalue weighted by molar-refractivity contribution is 6.30. The second kappa shape index (κ2) is 8.36. The molecule has 5 aromatic rings. The number of halogens is 2. The number of nitrogens with two attached hydrogens (primary N) is 1. The Morgan fingerprint density at radius 3 is 2.41 bits per heavy atom. The molecule has 5 rings (SSSR count). The van der Waals surface area contributed by atoms with Crippen molar-refractivity contribution < 1.29 is 0 Å². The minimum absolute atomic E-state index is 0.201. The molecule has 1 aromatic carbocycles. The van der Waals surface area contributed by atoms with Gasteiger partial charge in [-0.1, -0.05) is 41.4 Å². The molecule has 0 bridgehead atoms. The number of nitrogens with zero attached hydrogens (tertiary/aromatic N) is 5. The Morgan fingerprint density at radius 1 is 0.971 bits per heavy atom. The molecule has 0 saturated carbocycles. The van der Waals surface area contributed by atoms with Crippen LogP contribution in [0.3, 0.4) is 0 Å². The van der Waals surface area contributed by atoms with Gasteiger partial charge in [0.15, 0.2) is 0 Å². The van der Waals surface area contributed by atoms with Crippen LogP contribution in [-0.2, 0) is 19.6 Å². The van der Waals surface area contributed by atoms with Crippen molar-refractivity contribution in [3.63, 3.8) is 0 Å². The number of benzene rings is 1. The van der Waals surface area contributed by atoms with E-state index < -0.39 is 5.54 Å². The summed E-state index contributed by atoms with van der Waals surface area (Å²) in [5.74, 6) is 0. The van der Waals surface area contributed by atoms with E-state index in [4.69, 9.17) is 28.9 Å². The Kier molecular flexibility index (Phi) is 5.48. The summed E-state index contributed by atoms with van der Waals surface area (Å²) in [7, 11) is 3.57. The van der Waals surface area contributed by atoms with Crippen molar-refractivity contribution in [2.24, 2.45) is 19.8 Å². The average Bonchev–Trinajstić information content (AvgIpc) is 3.27. The van der Waals surface area contributed by atoms with Gasteiger partial charge in [0.25, 0.3) is 5.56 Å². The lowest BCUT2D eigenvalue weighted by Crippen LogP contribution is -2.41. The van der Waals surface area contributed by atoms with Gasteiger partial charge >= 0.3 is 0 Å². The summed E-state index contributed by atoms with van der Waals surface area (Å²) >= 11 is 12.3. The van der Waals surface area contributed by atoms with Crippen molar-refractivity contribution in [3.05, 3.63) is 111 Å². The van der Waals surface area contributed by atoms with Crippen LogP contribution in [0.4, 0.5) is 0 Å². The molecule has 1 atom stereocenters. The van der Waals surface area contributed by atoms with Gasteiger partial charge in [-0.2, -0.15) is 0 Å². The zero-order valence-electron chi connectivity index (χ0n) is 18.4. The SMILES string of the molecule is Cn1cncc1C(N)(c1ccc(Cl)cc1)c1cnc2c(c1)c(-c1cccc(Cl)n1)cc(=O)n2C. The highest BCUT2D eigenvalue weighted by Crippen LogP contribution is 2.36. The highest BCUT2D eigenvalue weighted by atomic mass is 35.5. The van der Waals surface area contributed by atoms with Gasteiger partial charge in [-0.25, -0.2) is 15.0 Å². The Balaban J connectivity index is 1.84. The van der Waals surface area contributed by atoms with Crippen LogP contribution in [0.1, 0.15) is 16.8 Å². The van der Waals surface area contributed by atoms with E-state index in [2.05, 4.69) is 15.0 Å². The van der Waals surface area contributed by atoms with Gasteiger partial charge in [-0.15, -0.1) is 0 Å². The molecule has 0 aliphatic carbocycles. The lowest BCUT2D eigenvalue weighted by Gasteiger charge is -2.31. The van der Waals surface area contributed by atoms with Gasteiger partial charge in [0, 0.05) is 47.9 Å². The maximum absolute atomic E-state index is 12.7. The van der Waals surface area contributed by atoms with Crippen molar-refractivity contribution in [3.8, 4) is 11.3 Å². The molecule has 0 fully saturated rings. The molecule has 4 aromatic heterocycles. The first-order valence-electron chi connectivity index (χ1n) is 10.4. The Labute approximate surface area is 205 Å². The summed E-state index contributed by atoms with van der Waals surface area (Å²) in [6, 6.07) is 16.1. The molecule has 4 heterocycles. The standard InChI is InChI=1S/C25H20Cl2N6O/c1-32-14-29-13-21(32)25(28,15-6-8-17(26)9-7-15)16-10-19-18(20-4-3-5-22(27)31-20)11-23(34)33(2)24(19)30-12-16/h3-14H,28H2,1-2H3. The predicted molar refractivity (Wildman–Crippen MR) is 134 cm³/mol. The molecule has 0 amide bonds. The molecule has 9 heteroatoms. The van der Waals surface area contributed by atoms with E-state index in [1.807, 2.05) is 35.9 Å². The van der Waals surface area contributed by atoms with Crippen molar-refractivity contribution in [1.29, 1.82) is 0 Å². The van der Waals surface area contributed by atoms with Crippen molar-refractivity contribution in [2.45, 2.75) is 5.54 Å². The van der Waals surface area contributed by atoms with Crippen molar-refractivity contribution in [2.75, 3.05) is 0 Å². The van der Waals surface area contributed by atoms with Crippen LogP contribution in [0.2, 0.25) is 10.2 Å². The van der Waals surface area contributed by atoms with Crippen LogP contribution >= 0.6 is 23.2 Å². The smallest absolute Gasteiger partial charge is 0.252 e. The minimum atomic E-state index is -1.09. The van der Waals surface area contributed by atoms with Crippen LogP contribution in [0, 0.1) is 0 Å². The fourth-order valence-corrected chi connectivity index (χ4v) is 4.51. The highest BCUT2D eigenvalue weighted by Gasteiger charge is 2.35. The fourth-order valence-electron chi connectivity index (χ4n) is 4.22. The van der Waals surface area contributed by atoms with Crippen LogP contribution in [-0.4, -0.2) is 24.1 Å². The number of fused-ring (bicyclic) bond motifs is 1.